The number of quaternary nitrogens is 2. The van der Waals surface area contributed by atoms with E-state index in [1.54, 1.807) is 29.7 Å². The molecule has 0 unspecified atom stereocenters. The SMILES string of the molecule is C[NH2+]N(CCN1CCN(c2ccc(Cl)cn2)CC1)C1=C([NH2+][O-])C(=O)c2cccnc2C1=O. The lowest BCUT2D eigenvalue weighted by molar-refractivity contribution is -0.773. The summed E-state index contributed by atoms with van der Waals surface area (Å²) >= 11 is 5.92. The van der Waals surface area contributed by atoms with Crippen molar-refractivity contribution in [1.82, 2.24) is 19.9 Å². The van der Waals surface area contributed by atoms with Gasteiger partial charge in [-0.25, -0.2) is 15.4 Å². The first-order chi connectivity index (χ1) is 15.5. The van der Waals surface area contributed by atoms with Crippen LogP contribution < -0.4 is 15.8 Å². The number of fused-ring (bicyclic) bond motifs is 1. The number of carbonyl (C=O) groups is 2. The molecule has 3 heterocycles. The standard InChI is InChI=1S/C21H24ClN7O3/c1-23-29(19-18(26-32)20(30)15-3-2-6-24-17(15)21(19)31)12-9-27-7-10-28(11-8-27)16-5-4-14(22)13-25-16/h2-6,13,23H,7-12,26H2,1H3/p+1. The molecule has 0 aromatic carbocycles. The van der Waals surface area contributed by atoms with Crippen molar-refractivity contribution in [3.05, 3.63) is 69.5 Å². The second-order valence-corrected chi connectivity index (χ2v) is 7.99. The van der Waals surface area contributed by atoms with E-state index in [1.807, 2.05) is 12.1 Å². The minimum absolute atomic E-state index is 0.0917. The van der Waals surface area contributed by atoms with E-state index in [0.717, 1.165) is 32.0 Å². The van der Waals surface area contributed by atoms with Gasteiger partial charge in [0.15, 0.2) is 0 Å². The Morgan fingerprint density at radius 3 is 2.56 bits per heavy atom. The largest absolute Gasteiger partial charge is 0.630 e. The van der Waals surface area contributed by atoms with Gasteiger partial charge in [0.25, 0.3) is 5.78 Å². The fourth-order valence-electron chi connectivity index (χ4n) is 4.03. The molecule has 4 rings (SSSR count). The van der Waals surface area contributed by atoms with E-state index in [2.05, 4.69) is 19.8 Å². The van der Waals surface area contributed by atoms with Crippen molar-refractivity contribution in [2.45, 2.75) is 0 Å². The number of rotatable bonds is 7. The third-order valence-corrected chi connectivity index (χ3v) is 5.99. The van der Waals surface area contributed by atoms with Crippen molar-refractivity contribution >= 4 is 29.0 Å². The van der Waals surface area contributed by atoms with E-state index < -0.39 is 11.6 Å². The van der Waals surface area contributed by atoms with Crippen molar-refractivity contribution in [2.24, 2.45) is 0 Å². The Labute approximate surface area is 190 Å². The fraction of sp³-hybridized carbons (Fsp3) is 0.333. The van der Waals surface area contributed by atoms with E-state index >= 15 is 0 Å². The molecular weight excluding hydrogens is 434 g/mol. The summed E-state index contributed by atoms with van der Waals surface area (Å²) in [6, 6.07) is 6.86. The summed E-state index contributed by atoms with van der Waals surface area (Å²) in [7, 11) is 1.78. The normalized spacial score (nSPS) is 17.0. The van der Waals surface area contributed by atoms with Crippen LogP contribution in [0.4, 0.5) is 5.82 Å². The Morgan fingerprint density at radius 2 is 1.91 bits per heavy atom. The van der Waals surface area contributed by atoms with Gasteiger partial charge in [-0.1, -0.05) is 11.6 Å². The third-order valence-electron chi connectivity index (χ3n) is 5.76. The van der Waals surface area contributed by atoms with Crippen molar-refractivity contribution in [2.75, 3.05) is 51.2 Å². The molecule has 0 saturated carbocycles. The summed E-state index contributed by atoms with van der Waals surface area (Å²) in [5.41, 5.74) is 2.45. The first-order valence-corrected chi connectivity index (χ1v) is 10.8. The Kier molecular flexibility index (Phi) is 6.77. The van der Waals surface area contributed by atoms with E-state index in [-0.39, 0.29) is 22.7 Å². The highest BCUT2D eigenvalue weighted by atomic mass is 35.5. The first kappa shape index (κ1) is 22.3. The van der Waals surface area contributed by atoms with Crippen LogP contribution in [0.1, 0.15) is 20.8 Å². The van der Waals surface area contributed by atoms with E-state index in [1.165, 1.54) is 12.3 Å². The minimum atomic E-state index is -0.464. The van der Waals surface area contributed by atoms with E-state index in [0.29, 0.717) is 23.6 Å². The number of nitrogens with zero attached hydrogens (tertiary/aromatic N) is 5. The summed E-state index contributed by atoms with van der Waals surface area (Å²) in [5, 5.41) is 14.0. The number of allylic oxidation sites excluding steroid dienone is 2. The molecule has 2 aliphatic rings. The number of piperazine rings is 1. The van der Waals surface area contributed by atoms with Gasteiger partial charge in [-0.3, -0.25) is 19.5 Å². The lowest BCUT2D eigenvalue weighted by Gasteiger charge is -2.36. The molecule has 11 heteroatoms. The second-order valence-electron chi connectivity index (χ2n) is 7.55. The highest BCUT2D eigenvalue weighted by Crippen LogP contribution is 2.23. The number of nitrogens with two attached hydrogens (primary N) is 2. The molecule has 4 N–H and O–H groups in total. The van der Waals surface area contributed by atoms with Gasteiger partial charge in [0.05, 0.1) is 24.2 Å². The van der Waals surface area contributed by atoms with Crippen molar-refractivity contribution in [1.29, 1.82) is 0 Å². The highest BCUT2D eigenvalue weighted by Gasteiger charge is 2.39. The maximum atomic E-state index is 13.1. The Morgan fingerprint density at radius 1 is 1.12 bits per heavy atom. The fourth-order valence-corrected chi connectivity index (χ4v) is 4.14. The second kappa shape index (κ2) is 9.72. The number of pyridine rings is 2. The molecule has 1 aliphatic heterocycles. The van der Waals surface area contributed by atoms with Crippen LogP contribution in [0.5, 0.6) is 0 Å². The number of hydrogen-bond acceptors (Lipinski definition) is 8. The predicted octanol–water partition coefficient (Wildman–Crippen LogP) is -0.986. The van der Waals surface area contributed by atoms with Crippen LogP contribution in [0.25, 0.3) is 0 Å². The van der Waals surface area contributed by atoms with Gasteiger partial charge in [0.1, 0.15) is 11.5 Å². The predicted molar refractivity (Wildman–Crippen MR) is 118 cm³/mol. The number of aromatic nitrogens is 2. The number of carbonyl (C=O) groups excluding carboxylic acids is 2. The molecule has 10 nitrogen and oxygen atoms in total. The van der Waals surface area contributed by atoms with Crippen molar-refractivity contribution in [3.63, 3.8) is 0 Å². The van der Waals surface area contributed by atoms with Gasteiger partial charge in [-0.15, -0.1) is 0 Å². The maximum absolute atomic E-state index is 13.1. The molecule has 1 fully saturated rings. The number of ketones is 2. The van der Waals surface area contributed by atoms with Crippen LogP contribution in [0.15, 0.2) is 48.1 Å². The summed E-state index contributed by atoms with van der Waals surface area (Å²) < 4.78 is 0. The van der Waals surface area contributed by atoms with Crippen molar-refractivity contribution < 1.29 is 20.5 Å². The Bertz CT molecular complexity index is 1040. The summed E-state index contributed by atoms with van der Waals surface area (Å²) in [6.07, 6.45) is 3.12. The van der Waals surface area contributed by atoms with Gasteiger partial charge in [-0.05, 0) is 24.3 Å². The van der Waals surface area contributed by atoms with E-state index in [9.17, 15) is 14.8 Å². The number of hydroxylamine groups is 1. The molecule has 0 amide bonds. The molecule has 0 atom stereocenters. The summed E-state index contributed by atoms with van der Waals surface area (Å²) in [5.74, 6) is 0.0310. The molecular formula is C21H25ClN7O3+. The zero-order valence-electron chi connectivity index (χ0n) is 17.7. The molecule has 1 saturated heterocycles. The molecule has 0 spiro atoms. The number of hydrogen-bond donors (Lipinski definition) is 2. The molecule has 168 valence electrons. The smallest absolute Gasteiger partial charge is 0.251 e. The monoisotopic (exact) mass is 458 g/mol. The number of halogens is 1. The van der Waals surface area contributed by atoms with Crippen LogP contribution in [0, 0.1) is 5.21 Å². The van der Waals surface area contributed by atoms with Crippen LogP contribution in [0.3, 0.4) is 0 Å². The first-order valence-electron chi connectivity index (χ1n) is 10.4. The Balaban J connectivity index is 1.42. The number of Topliss-reactive ketones (excluding diaryl/α,β-unsaturated/α-hetero) is 2. The van der Waals surface area contributed by atoms with Gasteiger partial charge in [-0.2, -0.15) is 0 Å². The molecule has 2 aromatic rings. The third kappa shape index (κ3) is 4.36. The average Bonchev–Trinajstić information content (AvgIpc) is 2.83. The molecule has 1 aliphatic carbocycles. The van der Waals surface area contributed by atoms with Gasteiger partial charge >= 0.3 is 0 Å². The Hall–Kier alpha value is -2.89. The summed E-state index contributed by atoms with van der Waals surface area (Å²) in [6.45, 7) is 4.46. The molecule has 32 heavy (non-hydrogen) atoms. The quantitative estimate of drug-likeness (QED) is 0.400. The zero-order valence-corrected chi connectivity index (χ0v) is 18.5. The zero-order chi connectivity index (χ0) is 22.7. The van der Waals surface area contributed by atoms with Crippen LogP contribution >= 0.6 is 11.6 Å². The lowest BCUT2D eigenvalue weighted by atomic mass is 9.94. The summed E-state index contributed by atoms with van der Waals surface area (Å²) in [4.78, 5) is 38.8. The maximum Gasteiger partial charge on any atom is 0.251 e. The van der Waals surface area contributed by atoms with Gasteiger partial charge in [0.2, 0.25) is 17.2 Å². The van der Waals surface area contributed by atoms with Crippen LogP contribution in [-0.4, -0.2) is 77.8 Å². The topological polar surface area (TPSA) is 126 Å². The molecule has 0 bridgehead atoms. The lowest BCUT2D eigenvalue weighted by Crippen LogP contribution is -2.92. The number of anilines is 1. The average molecular weight is 459 g/mol. The van der Waals surface area contributed by atoms with Gasteiger partial charge in [0, 0.05) is 45.1 Å². The van der Waals surface area contributed by atoms with Gasteiger partial charge < -0.3 is 15.6 Å². The molecule has 2 aromatic heterocycles. The van der Waals surface area contributed by atoms with E-state index in [4.69, 9.17) is 11.6 Å². The van der Waals surface area contributed by atoms with Crippen LogP contribution in [0.2, 0.25) is 5.02 Å². The van der Waals surface area contributed by atoms with Crippen LogP contribution in [-0.2, 0) is 0 Å². The molecule has 0 radical (unpaired) electrons. The highest BCUT2D eigenvalue weighted by molar-refractivity contribution is 6.30. The minimum Gasteiger partial charge on any atom is -0.630 e. The van der Waals surface area contributed by atoms with Crippen molar-refractivity contribution in [3.8, 4) is 0 Å².